The maximum absolute atomic E-state index is 10.3. The molecule has 0 bridgehead atoms. The van der Waals surface area contributed by atoms with E-state index in [4.69, 9.17) is 16.2 Å². The van der Waals surface area contributed by atoms with Crippen LogP contribution >= 0.6 is 0 Å². The summed E-state index contributed by atoms with van der Waals surface area (Å²) in [4.78, 5) is 10.3. The fraction of sp³-hybridized carbons (Fsp3) is 0.875. The van der Waals surface area contributed by atoms with Crippen LogP contribution in [0.25, 0.3) is 0 Å². The van der Waals surface area contributed by atoms with Crippen LogP contribution in [-0.2, 0) is 9.53 Å². The van der Waals surface area contributed by atoms with Gasteiger partial charge in [-0.2, -0.15) is 0 Å². The molecule has 4 heteroatoms. The molecule has 70 valence electrons. The molecule has 0 aromatic rings. The van der Waals surface area contributed by atoms with Gasteiger partial charge in [-0.3, -0.25) is 4.79 Å². The highest BCUT2D eigenvalue weighted by atomic mass is 16.5. The molecular formula is C8H16N2O2. The number of nitrogens with two attached hydrogens (primary N) is 2. The lowest BCUT2D eigenvalue weighted by atomic mass is 9.82. The quantitative estimate of drug-likeness (QED) is 0.593. The Morgan fingerprint density at radius 3 is 2.67 bits per heavy atom. The van der Waals surface area contributed by atoms with Gasteiger partial charge < -0.3 is 16.2 Å². The zero-order valence-corrected chi connectivity index (χ0v) is 7.16. The average Bonchev–Trinajstić information content (AvgIpc) is 1.93. The molecule has 4 N–H and O–H groups in total. The van der Waals surface area contributed by atoms with Crippen LogP contribution < -0.4 is 11.5 Å². The molecular weight excluding hydrogens is 156 g/mol. The van der Waals surface area contributed by atoms with Crippen LogP contribution in [0.4, 0.5) is 0 Å². The van der Waals surface area contributed by atoms with Crippen molar-refractivity contribution in [3.8, 4) is 0 Å². The number of carbonyl (C=O) groups is 1. The Labute approximate surface area is 72.2 Å². The summed E-state index contributed by atoms with van der Waals surface area (Å²) in [7, 11) is 0. The van der Waals surface area contributed by atoms with E-state index in [1.54, 1.807) is 0 Å². The van der Waals surface area contributed by atoms with E-state index in [2.05, 4.69) is 0 Å². The van der Waals surface area contributed by atoms with Gasteiger partial charge in [0, 0.05) is 6.42 Å². The Morgan fingerprint density at radius 1 is 1.50 bits per heavy atom. The molecule has 1 fully saturated rings. The van der Waals surface area contributed by atoms with Crippen LogP contribution in [0.15, 0.2) is 0 Å². The van der Waals surface area contributed by atoms with Gasteiger partial charge in [-0.15, -0.1) is 0 Å². The minimum atomic E-state index is -0.301. The number of carbonyl (C=O) groups excluding carboxylic acids is 1. The molecule has 1 saturated carbocycles. The summed E-state index contributed by atoms with van der Waals surface area (Å²) in [6.45, 7) is 1.20. The van der Waals surface area contributed by atoms with Crippen molar-refractivity contribution in [3.05, 3.63) is 0 Å². The van der Waals surface area contributed by atoms with Gasteiger partial charge in [0.15, 0.2) is 0 Å². The molecule has 12 heavy (non-hydrogen) atoms. The fourth-order valence-corrected chi connectivity index (χ4v) is 1.33. The third-order valence-corrected chi connectivity index (χ3v) is 2.23. The van der Waals surface area contributed by atoms with E-state index < -0.39 is 0 Å². The maximum Gasteiger partial charge on any atom is 0.219 e. The van der Waals surface area contributed by atoms with Crippen molar-refractivity contribution in [1.82, 2.24) is 0 Å². The van der Waals surface area contributed by atoms with E-state index >= 15 is 0 Å². The number of hydrogen-bond acceptors (Lipinski definition) is 3. The molecule has 1 aliphatic rings. The Hall–Kier alpha value is -0.610. The number of ether oxygens (including phenoxy) is 1. The largest absolute Gasteiger partial charge is 0.378 e. The average molecular weight is 172 g/mol. The zero-order chi connectivity index (χ0) is 8.97. The molecule has 0 unspecified atom stereocenters. The second-order valence-corrected chi connectivity index (χ2v) is 3.28. The van der Waals surface area contributed by atoms with Crippen LogP contribution in [0.2, 0.25) is 0 Å². The number of rotatable bonds is 5. The molecule has 0 aromatic heterocycles. The van der Waals surface area contributed by atoms with Crippen LogP contribution in [0.1, 0.15) is 19.3 Å². The van der Waals surface area contributed by atoms with Crippen LogP contribution in [0, 0.1) is 5.92 Å². The first kappa shape index (κ1) is 9.48. The lowest BCUT2D eigenvalue weighted by Gasteiger charge is -2.34. The summed E-state index contributed by atoms with van der Waals surface area (Å²) < 4.78 is 5.36. The number of primary amides is 1. The van der Waals surface area contributed by atoms with E-state index in [9.17, 15) is 4.79 Å². The summed E-state index contributed by atoms with van der Waals surface area (Å²) >= 11 is 0. The van der Waals surface area contributed by atoms with Crippen LogP contribution in [0.5, 0.6) is 0 Å². The number of hydrogen-bond donors (Lipinski definition) is 2. The first-order valence-corrected chi connectivity index (χ1v) is 4.32. The SMILES string of the molecule is NCC1CC(OCCC(N)=O)C1. The Morgan fingerprint density at radius 2 is 2.17 bits per heavy atom. The second-order valence-electron chi connectivity index (χ2n) is 3.28. The van der Waals surface area contributed by atoms with Crippen molar-refractivity contribution < 1.29 is 9.53 Å². The Kier molecular flexibility index (Phi) is 3.49. The zero-order valence-electron chi connectivity index (χ0n) is 7.16. The Bertz CT molecular complexity index is 155. The first-order chi connectivity index (χ1) is 5.72. The molecule has 0 spiro atoms. The summed E-state index contributed by atoms with van der Waals surface area (Å²) in [5, 5.41) is 0. The lowest BCUT2D eigenvalue weighted by molar-refractivity contribution is -0.120. The van der Waals surface area contributed by atoms with Crippen LogP contribution in [-0.4, -0.2) is 25.2 Å². The molecule has 4 nitrogen and oxygen atoms in total. The maximum atomic E-state index is 10.3. The minimum Gasteiger partial charge on any atom is -0.378 e. The van der Waals surface area contributed by atoms with Gasteiger partial charge >= 0.3 is 0 Å². The number of amides is 1. The Balaban J connectivity index is 1.93. The molecule has 0 aromatic carbocycles. The topological polar surface area (TPSA) is 78.3 Å². The van der Waals surface area contributed by atoms with Crippen molar-refractivity contribution in [2.24, 2.45) is 17.4 Å². The van der Waals surface area contributed by atoms with Crippen molar-refractivity contribution >= 4 is 5.91 Å². The second kappa shape index (κ2) is 4.42. The summed E-state index contributed by atoms with van der Waals surface area (Å²) in [6, 6.07) is 0. The normalized spacial score (nSPS) is 28.1. The summed E-state index contributed by atoms with van der Waals surface area (Å²) in [5.74, 6) is 0.327. The predicted molar refractivity (Wildman–Crippen MR) is 45.3 cm³/mol. The monoisotopic (exact) mass is 172 g/mol. The summed E-state index contributed by atoms with van der Waals surface area (Å²) in [6.07, 6.45) is 2.71. The van der Waals surface area contributed by atoms with Crippen molar-refractivity contribution in [1.29, 1.82) is 0 Å². The van der Waals surface area contributed by atoms with E-state index in [0.717, 1.165) is 19.4 Å². The molecule has 1 amide bonds. The smallest absolute Gasteiger partial charge is 0.219 e. The molecule has 0 heterocycles. The molecule has 1 aliphatic carbocycles. The van der Waals surface area contributed by atoms with Crippen molar-refractivity contribution in [3.63, 3.8) is 0 Å². The van der Waals surface area contributed by atoms with Gasteiger partial charge in [-0.1, -0.05) is 0 Å². The minimum absolute atomic E-state index is 0.301. The highest BCUT2D eigenvalue weighted by molar-refractivity contribution is 5.73. The first-order valence-electron chi connectivity index (χ1n) is 4.32. The van der Waals surface area contributed by atoms with E-state index in [1.165, 1.54) is 0 Å². The molecule has 0 saturated heterocycles. The van der Waals surface area contributed by atoms with Gasteiger partial charge in [0.25, 0.3) is 0 Å². The standard InChI is InChI=1S/C8H16N2O2/c9-5-6-3-7(4-6)12-2-1-8(10)11/h6-7H,1-5,9H2,(H2,10,11). The molecule has 0 radical (unpaired) electrons. The predicted octanol–water partition coefficient (Wildman–Crippen LogP) is -0.384. The molecule has 0 aliphatic heterocycles. The van der Waals surface area contributed by atoms with E-state index in [0.29, 0.717) is 25.0 Å². The van der Waals surface area contributed by atoms with Gasteiger partial charge in [0.05, 0.1) is 12.7 Å². The van der Waals surface area contributed by atoms with Crippen LogP contribution in [0.3, 0.4) is 0 Å². The third kappa shape index (κ3) is 2.79. The van der Waals surface area contributed by atoms with Crippen molar-refractivity contribution in [2.75, 3.05) is 13.2 Å². The molecule has 0 atom stereocenters. The highest BCUT2D eigenvalue weighted by Gasteiger charge is 2.28. The van der Waals surface area contributed by atoms with Gasteiger partial charge in [0.1, 0.15) is 0 Å². The highest BCUT2D eigenvalue weighted by Crippen LogP contribution is 2.28. The van der Waals surface area contributed by atoms with E-state index in [1.807, 2.05) is 0 Å². The van der Waals surface area contributed by atoms with Crippen molar-refractivity contribution in [2.45, 2.75) is 25.4 Å². The van der Waals surface area contributed by atoms with E-state index in [-0.39, 0.29) is 5.91 Å². The summed E-state index contributed by atoms with van der Waals surface area (Å²) in [5.41, 5.74) is 10.4. The third-order valence-electron chi connectivity index (χ3n) is 2.23. The van der Waals surface area contributed by atoms with Gasteiger partial charge in [0.2, 0.25) is 5.91 Å². The fourth-order valence-electron chi connectivity index (χ4n) is 1.33. The molecule has 1 rings (SSSR count). The van der Waals surface area contributed by atoms with Gasteiger partial charge in [-0.25, -0.2) is 0 Å². The van der Waals surface area contributed by atoms with Gasteiger partial charge in [-0.05, 0) is 25.3 Å². The lowest BCUT2D eigenvalue weighted by Crippen LogP contribution is -2.36.